The molecule has 0 bridgehead atoms. The minimum absolute atomic E-state index is 0.0458. The molecule has 0 fully saturated rings. The van der Waals surface area contributed by atoms with Gasteiger partial charge >= 0.3 is 13.8 Å². The van der Waals surface area contributed by atoms with E-state index < -0.39 is 20.0 Å². The maximum Gasteiger partial charge on any atom is 0.472 e. The van der Waals surface area contributed by atoms with Gasteiger partial charge in [0.05, 0.1) is 33.8 Å². The summed E-state index contributed by atoms with van der Waals surface area (Å²) in [4.78, 5) is 37.7. The average molecular weight is 1050 g/mol. The summed E-state index contributed by atoms with van der Waals surface area (Å²) < 4.78 is 30.7. The van der Waals surface area contributed by atoms with E-state index in [1.54, 1.807) is 0 Å². The van der Waals surface area contributed by atoms with Crippen LogP contribution in [-0.4, -0.2) is 74.3 Å². The zero-order valence-electron chi connectivity index (χ0n) is 49.7. The summed E-state index contributed by atoms with van der Waals surface area (Å²) >= 11 is 0. The van der Waals surface area contributed by atoms with E-state index in [-0.39, 0.29) is 25.1 Å². The third-order valence-electron chi connectivity index (χ3n) is 14.7. The third-order valence-corrected chi connectivity index (χ3v) is 15.7. The predicted octanol–water partition coefficient (Wildman–Crippen LogP) is 19.6. The van der Waals surface area contributed by atoms with Crippen LogP contribution in [0.1, 0.15) is 329 Å². The van der Waals surface area contributed by atoms with Gasteiger partial charge in [0.2, 0.25) is 5.91 Å². The quantitative estimate of drug-likeness (QED) is 0.0205. The van der Waals surface area contributed by atoms with Crippen molar-refractivity contribution < 1.29 is 37.3 Å². The Morgan fingerprint density at radius 1 is 0.466 bits per heavy atom. The van der Waals surface area contributed by atoms with Crippen molar-refractivity contribution in [2.24, 2.45) is 0 Å². The number of phosphoric ester groups is 1. The number of hydrogen-bond donors (Lipinski definition) is 2. The van der Waals surface area contributed by atoms with Crippen molar-refractivity contribution in [1.82, 2.24) is 5.32 Å². The van der Waals surface area contributed by atoms with Crippen LogP contribution in [0.4, 0.5) is 0 Å². The summed E-state index contributed by atoms with van der Waals surface area (Å²) in [7, 11) is 1.52. The van der Waals surface area contributed by atoms with Crippen molar-refractivity contribution in [3.05, 3.63) is 12.2 Å². The van der Waals surface area contributed by atoms with E-state index in [0.717, 1.165) is 57.8 Å². The first-order chi connectivity index (χ1) is 35.4. The summed E-state index contributed by atoms with van der Waals surface area (Å²) in [6.45, 7) is 7.07. The van der Waals surface area contributed by atoms with Crippen molar-refractivity contribution in [1.29, 1.82) is 0 Å². The molecule has 0 aromatic rings. The molecule has 73 heavy (non-hydrogen) atoms. The summed E-state index contributed by atoms with van der Waals surface area (Å²) in [6.07, 6.45) is 62.0. The number of carbonyl (C=O) groups is 2. The van der Waals surface area contributed by atoms with E-state index in [4.69, 9.17) is 13.8 Å². The lowest BCUT2D eigenvalue weighted by Crippen LogP contribution is -2.47. The number of likely N-dealkylation sites (N-methyl/N-ethyl adjacent to an activating group) is 1. The lowest BCUT2D eigenvalue weighted by molar-refractivity contribution is -0.870. The molecule has 1 amide bonds. The fourth-order valence-electron chi connectivity index (χ4n) is 9.77. The highest BCUT2D eigenvalue weighted by atomic mass is 31.2. The number of nitrogens with zero attached hydrogens (tertiary/aromatic N) is 1. The molecule has 0 aliphatic rings. The molecule has 0 spiro atoms. The number of unbranched alkanes of at least 4 members (excludes halogenated alkanes) is 43. The fraction of sp³-hybridized carbons (Fsp3) is 0.937. The van der Waals surface area contributed by atoms with Gasteiger partial charge in [0, 0.05) is 12.8 Å². The highest BCUT2D eigenvalue weighted by molar-refractivity contribution is 7.47. The number of carbonyl (C=O) groups excluding carboxylic acids is 2. The van der Waals surface area contributed by atoms with Crippen LogP contribution in [0.15, 0.2) is 12.2 Å². The van der Waals surface area contributed by atoms with Gasteiger partial charge in [0.25, 0.3) is 0 Å². The molecule has 0 aromatic heterocycles. The zero-order valence-corrected chi connectivity index (χ0v) is 50.6. The van der Waals surface area contributed by atoms with Crippen molar-refractivity contribution in [2.45, 2.75) is 341 Å². The Morgan fingerprint density at radius 3 is 1.12 bits per heavy atom. The Hall–Kier alpha value is -1.25. The van der Waals surface area contributed by atoms with Crippen LogP contribution in [0.3, 0.4) is 0 Å². The van der Waals surface area contributed by atoms with Gasteiger partial charge < -0.3 is 19.4 Å². The molecule has 9 nitrogen and oxygen atoms in total. The van der Waals surface area contributed by atoms with Gasteiger partial charge in [0.15, 0.2) is 0 Å². The second-order valence-corrected chi connectivity index (χ2v) is 24.8. The monoisotopic (exact) mass is 1050 g/mol. The van der Waals surface area contributed by atoms with E-state index in [1.807, 2.05) is 33.3 Å². The Bertz CT molecular complexity index is 1260. The maximum atomic E-state index is 13.5. The van der Waals surface area contributed by atoms with Crippen molar-refractivity contribution in [3.8, 4) is 0 Å². The Kier molecular flexibility index (Phi) is 53.2. The Balaban J connectivity index is 5.21. The first-order valence-corrected chi connectivity index (χ1v) is 33.5. The standard InChI is InChI=1S/C63H125N2O7P/c1-7-10-13-16-19-22-25-28-30-31-32-33-35-38-41-44-47-50-53-56-63(67)72-61(54-51-48-45-42-39-36-27-24-21-18-15-12-9-3)60(59-71-73(68,69)70-58-57-65(4,5)6)64-62(66)55-52-49-46-43-40-37-34-29-26-23-20-17-14-11-8-2/h51,54,60-61H,7-50,52-53,55-59H2,1-6H3,(H-,64,66,68,69)/p+1/b54-51+. The minimum atomic E-state index is -4.44. The van der Waals surface area contributed by atoms with Gasteiger partial charge in [0.1, 0.15) is 19.3 Å². The van der Waals surface area contributed by atoms with Crippen LogP contribution in [0.2, 0.25) is 0 Å². The van der Waals surface area contributed by atoms with Crippen LogP contribution < -0.4 is 5.32 Å². The zero-order chi connectivity index (χ0) is 53.6. The van der Waals surface area contributed by atoms with Gasteiger partial charge in [-0.1, -0.05) is 297 Å². The number of ether oxygens (including phenoxy) is 1. The molecule has 0 aromatic carbocycles. The summed E-state index contributed by atoms with van der Waals surface area (Å²) in [5, 5.41) is 3.07. The number of esters is 1. The molecule has 0 rings (SSSR count). The molecule has 0 heterocycles. The van der Waals surface area contributed by atoms with Gasteiger partial charge in [-0.05, 0) is 31.8 Å². The second kappa shape index (κ2) is 54.1. The van der Waals surface area contributed by atoms with E-state index in [2.05, 4.69) is 26.1 Å². The number of amides is 1. The fourth-order valence-corrected chi connectivity index (χ4v) is 10.5. The molecule has 10 heteroatoms. The van der Waals surface area contributed by atoms with Gasteiger partial charge in [-0.25, -0.2) is 4.57 Å². The highest BCUT2D eigenvalue weighted by Crippen LogP contribution is 2.43. The van der Waals surface area contributed by atoms with E-state index in [1.165, 1.54) is 238 Å². The summed E-state index contributed by atoms with van der Waals surface area (Å²) in [5.41, 5.74) is 0. The van der Waals surface area contributed by atoms with E-state index in [9.17, 15) is 19.0 Å². The molecule has 0 aliphatic heterocycles. The number of phosphoric acid groups is 1. The molecule has 3 unspecified atom stereocenters. The van der Waals surface area contributed by atoms with Crippen LogP contribution in [0.5, 0.6) is 0 Å². The molecule has 0 saturated carbocycles. The van der Waals surface area contributed by atoms with Crippen LogP contribution in [0, 0.1) is 0 Å². The molecule has 3 atom stereocenters. The summed E-state index contributed by atoms with van der Waals surface area (Å²) in [5.74, 6) is -0.481. The molecule has 0 saturated heterocycles. The number of nitrogens with one attached hydrogen (secondary N) is 1. The second-order valence-electron chi connectivity index (χ2n) is 23.3. The molecular formula is C63H126N2O7P+. The number of allylic oxidation sites excluding steroid dienone is 1. The van der Waals surface area contributed by atoms with Crippen LogP contribution in [-0.2, 0) is 27.9 Å². The molecule has 434 valence electrons. The van der Waals surface area contributed by atoms with Gasteiger partial charge in [-0.2, -0.15) is 0 Å². The van der Waals surface area contributed by atoms with Crippen LogP contribution >= 0.6 is 7.82 Å². The smallest absolute Gasteiger partial charge is 0.456 e. The number of rotatable bonds is 59. The lowest BCUT2D eigenvalue weighted by Gasteiger charge is -2.27. The first-order valence-electron chi connectivity index (χ1n) is 32.0. The molecular weight excluding hydrogens is 928 g/mol. The first kappa shape index (κ1) is 71.8. The topological polar surface area (TPSA) is 111 Å². The largest absolute Gasteiger partial charge is 0.472 e. The Labute approximate surface area is 454 Å². The molecule has 2 N–H and O–H groups in total. The average Bonchev–Trinajstić information content (AvgIpc) is 3.35. The summed E-state index contributed by atoms with van der Waals surface area (Å²) in [6, 6.07) is -0.839. The van der Waals surface area contributed by atoms with Gasteiger partial charge in [-0.15, -0.1) is 0 Å². The Morgan fingerprint density at radius 2 is 0.781 bits per heavy atom. The minimum Gasteiger partial charge on any atom is -0.456 e. The lowest BCUT2D eigenvalue weighted by atomic mass is 10.0. The number of quaternary nitrogens is 1. The highest BCUT2D eigenvalue weighted by Gasteiger charge is 2.30. The predicted molar refractivity (Wildman–Crippen MR) is 314 cm³/mol. The molecule has 0 radical (unpaired) electrons. The third kappa shape index (κ3) is 55.3. The molecule has 0 aliphatic carbocycles. The number of hydrogen-bond acceptors (Lipinski definition) is 6. The van der Waals surface area contributed by atoms with E-state index >= 15 is 0 Å². The van der Waals surface area contributed by atoms with E-state index in [0.29, 0.717) is 23.9 Å². The van der Waals surface area contributed by atoms with Crippen molar-refractivity contribution >= 4 is 19.7 Å². The normalized spacial score (nSPS) is 13.7. The van der Waals surface area contributed by atoms with Crippen molar-refractivity contribution in [2.75, 3.05) is 40.9 Å². The van der Waals surface area contributed by atoms with Gasteiger partial charge in [-0.3, -0.25) is 18.6 Å². The van der Waals surface area contributed by atoms with Crippen molar-refractivity contribution in [3.63, 3.8) is 0 Å². The van der Waals surface area contributed by atoms with Crippen LogP contribution in [0.25, 0.3) is 0 Å². The maximum absolute atomic E-state index is 13.5. The SMILES string of the molecule is CCCCCCCCCCCCC/C=C/C(OC(=O)CCCCCCCCCCCCCCCCCCCCC)C(COP(=O)(O)OCC[N+](C)(C)C)NC(=O)CCCCCCCCCCCCCCCCC.